The molecule has 2 aromatic heterocycles. The monoisotopic (exact) mass is 589 g/mol. The number of carbonyl (C=O) groups is 3. The number of carbonyl (C=O) groups excluding carboxylic acids is 3. The molecule has 1 saturated carbocycles. The van der Waals surface area contributed by atoms with Crippen molar-refractivity contribution < 1.29 is 19.1 Å². The van der Waals surface area contributed by atoms with Crippen molar-refractivity contribution in [3.63, 3.8) is 0 Å². The Morgan fingerprint density at radius 2 is 1.79 bits per heavy atom. The first-order chi connectivity index (χ1) is 18.7. The molecule has 5 rings (SSSR count). The number of nitrogens with one attached hydrogen (secondary N) is 3. The molecule has 12 heteroatoms. The molecule has 1 aromatic carbocycles. The van der Waals surface area contributed by atoms with E-state index in [2.05, 4.69) is 20.5 Å². The van der Waals surface area contributed by atoms with Crippen molar-refractivity contribution in [3.8, 4) is 0 Å². The number of aryl methyl sites for hydroxylation is 1. The van der Waals surface area contributed by atoms with Crippen LogP contribution >= 0.6 is 34.5 Å². The number of benzene rings is 1. The van der Waals surface area contributed by atoms with Gasteiger partial charge in [0.25, 0.3) is 11.8 Å². The van der Waals surface area contributed by atoms with E-state index in [0.29, 0.717) is 51.7 Å². The molecule has 3 heterocycles. The number of ether oxygens (including phenoxy) is 1. The van der Waals surface area contributed by atoms with Gasteiger partial charge in [0.05, 0.1) is 22.3 Å². The zero-order valence-electron chi connectivity index (χ0n) is 21.8. The van der Waals surface area contributed by atoms with Crippen molar-refractivity contribution >= 4 is 57.5 Å². The normalized spacial score (nSPS) is 19.5. The van der Waals surface area contributed by atoms with Crippen LogP contribution < -0.4 is 15.5 Å². The summed E-state index contributed by atoms with van der Waals surface area (Å²) in [6.45, 7) is 7.71. The third-order valence-corrected chi connectivity index (χ3v) is 9.20. The average molecular weight is 591 g/mol. The van der Waals surface area contributed by atoms with E-state index in [9.17, 15) is 14.4 Å². The van der Waals surface area contributed by atoms with Gasteiger partial charge in [0, 0.05) is 55.2 Å². The van der Waals surface area contributed by atoms with E-state index in [1.165, 1.54) is 11.3 Å². The number of esters is 1. The minimum absolute atomic E-state index is 0.0552. The van der Waals surface area contributed by atoms with Crippen LogP contribution in [0.1, 0.15) is 61.3 Å². The third kappa shape index (κ3) is 5.50. The summed E-state index contributed by atoms with van der Waals surface area (Å²) in [4.78, 5) is 48.0. The number of aromatic amines is 1. The number of thiazole rings is 1. The minimum atomic E-state index is -0.388. The highest BCUT2D eigenvalue weighted by Gasteiger charge is 2.57. The summed E-state index contributed by atoms with van der Waals surface area (Å²) < 4.78 is 5.30. The number of hydrogen-bond donors (Lipinski definition) is 3. The Morgan fingerprint density at radius 1 is 1.10 bits per heavy atom. The number of H-pyrrole nitrogens is 1. The highest BCUT2D eigenvalue weighted by atomic mass is 35.5. The summed E-state index contributed by atoms with van der Waals surface area (Å²) in [5.41, 5.74) is 3.11. The molecule has 1 aliphatic heterocycles. The zero-order chi connectivity index (χ0) is 27.8. The van der Waals surface area contributed by atoms with Gasteiger partial charge in [0.15, 0.2) is 5.13 Å². The van der Waals surface area contributed by atoms with Crippen LogP contribution in [-0.2, 0) is 11.2 Å². The Bertz CT molecular complexity index is 1410. The second-order valence-electron chi connectivity index (χ2n) is 9.71. The van der Waals surface area contributed by atoms with Gasteiger partial charge in [-0.1, -0.05) is 46.7 Å². The number of fused-ring (bicyclic) bond motifs is 1. The smallest absolute Gasteiger partial charge is 0.350 e. The number of rotatable bonds is 9. The predicted molar refractivity (Wildman–Crippen MR) is 151 cm³/mol. The van der Waals surface area contributed by atoms with Crippen LogP contribution in [-0.4, -0.2) is 60.0 Å². The van der Waals surface area contributed by atoms with Crippen molar-refractivity contribution in [1.29, 1.82) is 0 Å². The molecule has 3 atom stereocenters. The van der Waals surface area contributed by atoms with Gasteiger partial charge in [-0.3, -0.25) is 9.59 Å². The first-order valence-corrected chi connectivity index (χ1v) is 14.4. The summed E-state index contributed by atoms with van der Waals surface area (Å²) in [5.74, 6) is -0.190. The summed E-state index contributed by atoms with van der Waals surface area (Å²) in [6, 6.07) is 7.36. The summed E-state index contributed by atoms with van der Waals surface area (Å²) in [5, 5.41) is 7.22. The summed E-state index contributed by atoms with van der Waals surface area (Å²) in [6.07, 6.45) is 0.443. The maximum absolute atomic E-state index is 12.7. The lowest BCUT2D eigenvalue weighted by atomic mass is 10.1. The van der Waals surface area contributed by atoms with Gasteiger partial charge in [-0.05, 0) is 38.5 Å². The van der Waals surface area contributed by atoms with Crippen LogP contribution in [0.25, 0.3) is 0 Å². The Hall–Kier alpha value is -3.08. The summed E-state index contributed by atoms with van der Waals surface area (Å²) >= 11 is 13.6. The van der Waals surface area contributed by atoms with Crippen LogP contribution in [0.4, 0.5) is 5.13 Å². The number of piperidine rings is 1. The third-order valence-electron chi connectivity index (χ3n) is 7.12. The molecule has 0 bridgehead atoms. The standard InChI is InChI=1S/C27H29Cl2N5O4S/c1-4-30-24(35)15-8-6-14(7-9-15)10-18-23(26(37)38-5-2)39-27(32-18)34-11-16-17(12-34)21(16)33-25(36)22-20(29)19(28)13(3)31-22/h6-9,16-17,21,31H,4-5,10-12H2,1-3H3,(H,30,35)(H,33,36)/t16-,17+,21-. The topological polar surface area (TPSA) is 116 Å². The van der Waals surface area contributed by atoms with Crippen molar-refractivity contribution in [2.75, 3.05) is 31.1 Å². The first-order valence-electron chi connectivity index (χ1n) is 12.8. The Kier molecular flexibility index (Phi) is 7.89. The van der Waals surface area contributed by atoms with E-state index in [-0.39, 0.29) is 41.1 Å². The second kappa shape index (κ2) is 11.2. The van der Waals surface area contributed by atoms with Crippen LogP contribution in [0.3, 0.4) is 0 Å². The maximum atomic E-state index is 12.7. The Morgan fingerprint density at radius 3 is 2.38 bits per heavy atom. The van der Waals surface area contributed by atoms with Crippen LogP contribution in [0.5, 0.6) is 0 Å². The summed E-state index contributed by atoms with van der Waals surface area (Å²) in [7, 11) is 0. The van der Waals surface area contributed by atoms with Gasteiger partial charge in [0.2, 0.25) is 0 Å². The van der Waals surface area contributed by atoms with Gasteiger partial charge < -0.3 is 25.3 Å². The minimum Gasteiger partial charge on any atom is -0.462 e. The number of amides is 2. The van der Waals surface area contributed by atoms with Gasteiger partial charge in [-0.2, -0.15) is 0 Å². The van der Waals surface area contributed by atoms with Gasteiger partial charge in [-0.15, -0.1) is 0 Å². The average Bonchev–Trinajstić information content (AvgIpc) is 3.27. The van der Waals surface area contributed by atoms with Crippen LogP contribution in [0.15, 0.2) is 24.3 Å². The Labute approximate surface area is 240 Å². The van der Waals surface area contributed by atoms with E-state index in [4.69, 9.17) is 32.9 Å². The lowest BCUT2D eigenvalue weighted by Gasteiger charge is -2.19. The molecule has 206 valence electrons. The molecule has 0 radical (unpaired) electrons. The molecule has 2 aliphatic rings. The van der Waals surface area contributed by atoms with Crippen LogP contribution in [0, 0.1) is 18.8 Å². The van der Waals surface area contributed by atoms with E-state index in [1.807, 2.05) is 19.1 Å². The number of anilines is 1. The molecule has 3 aromatic rings. The number of hydrogen-bond acceptors (Lipinski definition) is 7. The van der Waals surface area contributed by atoms with Crippen LogP contribution in [0.2, 0.25) is 10.0 Å². The molecular weight excluding hydrogens is 561 g/mol. The van der Waals surface area contributed by atoms with E-state index >= 15 is 0 Å². The molecule has 0 unspecified atom stereocenters. The quantitative estimate of drug-likeness (QED) is 0.317. The molecule has 2 fully saturated rings. The van der Waals surface area contributed by atoms with Crippen molar-refractivity contribution in [2.45, 2.75) is 33.2 Å². The SMILES string of the molecule is CCNC(=O)c1ccc(Cc2nc(N3C[C@@H]4[C@H](C3)[C@@H]4NC(=O)c3[nH]c(C)c(Cl)c3Cl)sc2C(=O)OCC)cc1. The molecule has 0 spiro atoms. The van der Waals surface area contributed by atoms with Gasteiger partial charge in [0.1, 0.15) is 10.6 Å². The van der Waals surface area contributed by atoms with E-state index in [1.54, 1.807) is 26.0 Å². The fourth-order valence-electron chi connectivity index (χ4n) is 5.03. The highest BCUT2D eigenvalue weighted by Crippen LogP contribution is 2.48. The van der Waals surface area contributed by atoms with E-state index < -0.39 is 0 Å². The highest BCUT2D eigenvalue weighted by molar-refractivity contribution is 7.17. The predicted octanol–water partition coefficient (Wildman–Crippen LogP) is 4.47. The molecule has 1 saturated heterocycles. The fraction of sp³-hybridized carbons (Fsp3) is 0.407. The molecule has 2 amide bonds. The number of halogens is 2. The number of nitrogens with zero attached hydrogens (tertiary/aromatic N) is 2. The maximum Gasteiger partial charge on any atom is 0.350 e. The van der Waals surface area contributed by atoms with Crippen molar-refractivity contribution in [1.82, 2.24) is 20.6 Å². The van der Waals surface area contributed by atoms with E-state index in [0.717, 1.165) is 23.8 Å². The molecule has 1 aliphatic carbocycles. The number of aromatic nitrogens is 2. The first kappa shape index (κ1) is 27.5. The zero-order valence-corrected chi connectivity index (χ0v) is 24.1. The van der Waals surface area contributed by atoms with Crippen molar-refractivity contribution in [2.24, 2.45) is 11.8 Å². The largest absolute Gasteiger partial charge is 0.462 e. The lowest BCUT2D eigenvalue weighted by molar-refractivity contribution is 0.0530. The Balaban J connectivity index is 1.26. The van der Waals surface area contributed by atoms with Crippen molar-refractivity contribution in [3.05, 3.63) is 67.4 Å². The lowest BCUT2D eigenvalue weighted by Crippen LogP contribution is -2.34. The second-order valence-corrected chi connectivity index (χ2v) is 11.4. The van der Waals surface area contributed by atoms with Gasteiger partial charge in [-0.25, -0.2) is 9.78 Å². The van der Waals surface area contributed by atoms with Gasteiger partial charge >= 0.3 is 5.97 Å². The molecule has 3 N–H and O–H groups in total. The molecule has 9 nitrogen and oxygen atoms in total. The molecule has 39 heavy (non-hydrogen) atoms. The molecular formula is C27H29Cl2N5O4S. The fourth-order valence-corrected chi connectivity index (χ4v) is 6.44.